The van der Waals surface area contributed by atoms with Gasteiger partial charge in [0, 0.05) is 12.1 Å². The first-order chi connectivity index (χ1) is 12.5. The normalized spacial score (nSPS) is 16.3. The molecule has 0 bridgehead atoms. The Labute approximate surface area is 150 Å². The predicted molar refractivity (Wildman–Crippen MR) is 98.4 cm³/mol. The molecule has 134 valence electrons. The van der Waals surface area contributed by atoms with E-state index in [1.165, 1.54) is 29.3 Å². The summed E-state index contributed by atoms with van der Waals surface area (Å²) >= 11 is 0. The highest BCUT2D eigenvalue weighted by Crippen LogP contribution is 2.25. The number of rotatable bonds is 5. The quantitative estimate of drug-likeness (QED) is 0.864. The van der Waals surface area contributed by atoms with E-state index in [4.69, 9.17) is 5.73 Å². The van der Waals surface area contributed by atoms with Crippen LogP contribution in [0.3, 0.4) is 0 Å². The van der Waals surface area contributed by atoms with Crippen LogP contribution in [0.15, 0.2) is 53.6 Å². The van der Waals surface area contributed by atoms with Gasteiger partial charge in [0.1, 0.15) is 17.6 Å². The zero-order chi connectivity index (χ0) is 18.7. The summed E-state index contributed by atoms with van der Waals surface area (Å²) < 4.78 is 13.1. The smallest absolute Gasteiger partial charge is 0.271 e. The zero-order valence-corrected chi connectivity index (χ0v) is 14.3. The van der Waals surface area contributed by atoms with Gasteiger partial charge in [-0.25, -0.2) is 4.39 Å². The highest BCUT2D eigenvalue weighted by atomic mass is 19.1. The van der Waals surface area contributed by atoms with Crippen molar-refractivity contribution < 1.29 is 14.0 Å². The first-order valence-electron chi connectivity index (χ1n) is 8.30. The molecule has 6 nitrogen and oxygen atoms in total. The van der Waals surface area contributed by atoms with E-state index in [2.05, 4.69) is 10.4 Å². The van der Waals surface area contributed by atoms with E-state index in [1.54, 1.807) is 6.07 Å². The molecule has 0 aliphatic carbocycles. The summed E-state index contributed by atoms with van der Waals surface area (Å²) in [5, 5.41) is 8.39. The number of hydrazone groups is 1. The predicted octanol–water partition coefficient (Wildman–Crippen LogP) is 2.45. The Morgan fingerprint density at radius 1 is 1.27 bits per heavy atom. The molecular weight excluding hydrogens is 335 g/mol. The van der Waals surface area contributed by atoms with Gasteiger partial charge in [0.15, 0.2) is 0 Å². The van der Waals surface area contributed by atoms with Crippen LogP contribution in [-0.2, 0) is 16.0 Å². The number of primary amides is 1. The fraction of sp³-hybridized carbons (Fsp3) is 0.211. The lowest BCUT2D eigenvalue weighted by Gasteiger charge is -2.20. The average Bonchev–Trinajstić information content (AvgIpc) is 3.08. The van der Waals surface area contributed by atoms with Crippen molar-refractivity contribution in [1.82, 2.24) is 0 Å². The van der Waals surface area contributed by atoms with E-state index in [0.717, 1.165) is 12.0 Å². The number of nitrogens with two attached hydrogens (primary N) is 1. The molecule has 0 aromatic heterocycles. The molecule has 2 aromatic rings. The van der Waals surface area contributed by atoms with Gasteiger partial charge in [-0.15, -0.1) is 0 Å². The van der Waals surface area contributed by atoms with Crippen LogP contribution in [0.1, 0.15) is 18.9 Å². The number of hydrogen-bond donors (Lipinski definition) is 2. The zero-order valence-electron chi connectivity index (χ0n) is 14.3. The van der Waals surface area contributed by atoms with E-state index in [-0.39, 0.29) is 12.1 Å². The standard InChI is InChI=1S/C19H19FN4O2/c1-2-12-4-3-5-14(10-12)22-19(26)16-11-17(18(21)25)24(23-16)15-8-6-13(20)7-9-15/h3-10,17H,2,11H2,1H3,(H2,21,25)(H,22,26). The van der Waals surface area contributed by atoms with E-state index < -0.39 is 23.7 Å². The molecular formula is C19H19FN4O2. The highest BCUT2D eigenvalue weighted by Gasteiger charge is 2.35. The number of aryl methyl sites for hydroxylation is 1. The minimum absolute atomic E-state index is 0.0893. The molecule has 0 saturated carbocycles. The Bertz CT molecular complexity index is 864. The molecule has 2 aromatic carbocycles. The maximum absolute atomic E-state index is 13.1. The lowest BCUT2D eigenvalue weighted by atomic mass is 10.1. The van der Waals surface area contributed by atoms with Gasteiger partial charge in [-0.3, -0.25) is 14.6 Å². The van der Waals surface area contributed by atoms with Crippen LogP contribution in [0.5, 0.6) is 0 Å². The van der Waals surface area contributed by atoms with Crippen LogP contribution in [0.4, 0.5) is 15.8 Å². The van der Waals surface area contributed by atoms with E-state index >= 15 is 0 Å². The number of benzene rings is 2. The molecule has 1 aliphatic heterocycles. The van der Waals surface area contributed by atoms with Gasteiger partial charge in [0.05, 0.1) is 5.69 Å². The third kappa shape index (κ3) is 3.72. The molecule has 3 rings (SSSR count). The maximum Gasteiger partial charge on any atom is 0.271 e. The summed E-state index contributed by atoms with van der Waals surface area (Å²) in [6.45, 7) is 2.03. The van der Waals surface area contributed by atoms with Crippen LogP contribution in [0.2, 0.25) is 0 Å². The Hall–Kier alpha value is -3.22. The highest BCUT2D eigenvalue weighted by molar-refractivity contribution is 6.44. The van der Waals surface area contributed by atoms with Crippen molar-refractivity contribution >= 4 is 28.9 Å². The maximum atomic E-state index is 13.1. The van der Waals surface area contributed by atoms with Crippen LogP contribution in [0, 0.1) is 5.82 Å². The van der Waals surface area contributed by atoms with Gasteiger partial charge in [-0.2, -0.15) is 5.10 Å². The van der Waals surface area contributed by atoms with Crippen molar-refractivity contribution in [1.29, 1.82) is 0 Å². The molecule has 0 radical (unpaired) electrons. The van der Waals surface area contributed by atoms with Crippen molar-refractivity contribution in [3.8, 4) is 0 Å². The van der Waals surface area contributed by atoms with Crippen molar-refractivity contribution in [3.63, 3.8) is 0 Å². The molecule has 7 heteroatoms. The molecule has 2 amide bonds. The number of carbonyl (C=O) groups excluding carboxylic acids is 2. The summed E-state index contributed by atoms with van der Waals surface area (Å²) in [6, 6.07) is 12.2. The molecule has 1 aliphatic rings. The van der Waals surface area contributed by atoms with Gasteiger partial charge in [-0.1, -0.05) is 19.1 Å². The summed E-state index contributed by atoms with van der Waals surface area (Å²) in [4.78, 5) is 24.3. The van der Waals surface area contributed by atoms with Gasteiger partial charge in [0.25, 0.3) is 5.91 Å². The van der Waals surface area contributed by atoms with Gasteiger partial charge >= 0.3 is 0 Å². The number of amides is 2. The van der Waals surface area contributed by atoms with Gasteiger partial charge in [-0.05, 0) is 48.4 Å². The molecule has 0 saturated heterocycles. The second kappa shape index (κ2) is 7.35. The van der Waals surface area contributed by atoms with Gasteiger partial charge < -0.3 is 11.1 Å². The fourth-order valence-corrected chi connectivity index (χ4v) is 2.77. The third-order valence-corrected chi connectivity index (χ3v) is 4.19. The molecule has 1 atom stereocenters. The summed E-state index contributed by atoms with van der Waals surface area (Å²) in [5.74, 6) is -1.40. The number of carbonyl (C=O) groups is 2. The van der Waals surface area contributed by atoms with E-state index in [0.29, 0.717) is 11.4 Å². The second-order valence-electron chi connectivity index (χ2n) is 6.00. The van der Waals surface area contributed by atoms with Crippen molar-refractivity contribution in [3.05, 3.63) is 59.9 Å². The third-order valence-electron chi connectivity index (χ3n) is 4.19. The first kappa shape index (κ1) is 17.6. The minimum atomic E-state index is -0.789. The Morgan fingerprint density at radius 2 is 2.00 bits per heavy atom. The second-order valence-corrected chi connectivity index (χ2v) is 6.00. The van der Waals surface area contributed by atoms with E-state index in [9.17, 15) is 14.0 Å². The number of nitrogens with one attached hydrogen (secondary N) is 1. The number of nitrogens with zero attached hydrogens (tertiary/aromatic N) is 2. The molecule has 0 spiro atoms. The monoisotopic (exact) mass is 354 g/mol. The van der Waals surface area contributed by atoms with Crippen LogP contribution in [-0.4, -0.2) is 23.6 Å². The van der Waals surface area contributed by atoms with Gasteiger partial charge in [0.2, 0.25) is 5.91 Å². The van der Waals surface area contributed by atoms with Crippen molar-refractivity contribution in [2.45, 2.75) is 25.8 Å². The fourth-order valence-electron chi connectivity index (χ4n) is 2.77. The van der Waals surface area contributed by atoms with Crippen LogP contribution in [0.25, 0.3) is 0 Å². The van der Waals surface area contributed by atoms with Crippen LogP contribution < -0.4 is 16.1 Å². The number of hydrogen-bond acceptors (Lipinski definition) is 4. The number of anilines is 2. The summed E-state index contributed by atoms with van der Waals surface area (Å²) in [7, 11) is 0. The summed E-state index contributed by atoms with van der Waals surface area (Å²) in [6.07, 6.45) is 0.943. The Kier molecular flexibility index (Phi) is 4.97. The summed E-state index contributed by atoms with van der Waals surface area (Å²) in [5.41, 5.74) is 7.89. The lowest BCUT2D eigenvalue weighted by Crippen LogP contribution is -2.39. The van der Waals surface area contributed by atoms with Crippen molar-refractivity contribution in [2.24, 2.45) is 10.8 Å². The van der Waals surface area contributed by atoms with E-state index in [1.807, 2.05) is 25.1 Å². The van der Waals surface area contributed by atoms with Crippen molar-refractivity contribution in [2.75, 3.05) is 10.3 Å². The SMILES string of the molecule is CCc1cccc(NC(=O)C2=NN(c3ccc(F)cc3)C(C(N)=O)C2)c1. The average molecular weight is 354 g/mol. The molecule has 1 unspecified atom stereocenters. The Balaban J connectivity index is 1.82. The number of halogens is 1. The minimum Gasteiger partial charge on any atom is -0.368 e. The Morgan fingerprint density at radius 3 is 2.65 bits per heavy atom. The molecule has 0 fully saturated rings. The molecule has 1 heterocycles. The first-order valence-corrected chi connectivity index (χ1v) is 8.30. The molecule has 3 N–H and O–H groups in total. The molecule has 26 heavy (non-hydrogen) atoms. The topological polar surface area (TPSA) is 87.8 Å². The largest absolute Gasteiger partial charge is 0.368 e. The lowest BCUT2D eigenvalue weighted by molar-refractivity contribution is -0.119. The van der Waals surface area contributed by atoms with Crippen LogP contribution >= 0.6 is 0 Å².